The van der Waals surface area contributed by atoms with Crippen molar-refractivity contribution in [2.24, 2.45) is 11.3 Å². The molecule has 0 radical (unpaired) electrons. The Bertz CT molecular complexity index is 3270. The number of sulfonamides is 1. The van der Waals surface area contributed by atoms with Gasteiger partial charge in [0.2, 0.25) is 5.82 Å². The average molecular weight is 1070 g/mol. The minimum absolute atomic E-state index is 0.0115. The molecule has 3 aromatic heterocycles. The molecule has 1 amide bonds. The number of piperazine rings is 1. The summed E-state index contributed by atoms with van der Waals surface area (Å²) >= 11 is 0. The van der Waals surface area contributed by atoms with E-state index in [1.807, 2.05) is 12.1 Å². The molecule has 3 aliphatic carbocycles. The van der Waals surface area contributed by atoms with Gasteiger partial charge in [-0.25, -0.2) is 22.5 Å². The molecule has 406 valence electrons. The number of piperidine rings is 1. The van der Waals surface area contributed by atoms with E-state index in [9.17, 15) is 32.8 Å². The maximum atomic E-state index is 14.9. The third-order valence-corrected chi connectivity index (χ3v) is 18.2. The lowest BCUT2D eigenvalue weighted by atomic mass is 9.59. The lowest BCUT2D eigenvalue weighted by Crippen LogP contribution is -2.59. The van der Waals surface area contributed by atoms with Crippen LogP contribution < -0.4 is 29.1 Å². The molecule has 5 aliphatic rings. The van der Waals surface area contributed by atoms with Crippen LogP contribution in [0.3, 0.4) is 0 Å². The Balaban J connectivity index is 0.801. The number of nitrogens with zero attached hydrogens (tertiary/aromatic N) is 6. The van der Waals surface area contributed by atoms with Gasteiger partial charge < -0.3 is 34.5 Å². The predicted molar refractivity (Wildman–Crippen MR) is 289 cm³/mol. The Labute approximate surface area is 447 Å². The average Bonchev–Trinajstić information content (AvgIpc) is 4.22. The smallest absolute Gasteiger partial charge is 0.312 e. The Morgan fingerprint density at radius 1 is 0.922 bits per heavy atom. The maximum absolute atomic E-state index is 14.9. The van der Waals surface area contributed by atoms with Crippen molar-refractivity contribution in [2.75, 3.05) is 63.7 Å². The summed E-state index contributed by atoms with van der Waals surface area (Å²) in [6.07, 6.45) is 11.3. The van der Waals surface area contributed by atoms with Crippen LogP contribution in [-0.4, -0.2) is 114 Å². The van der Waals surface area contributed by atoms with Gasteiger partial charge in [0.25, 0.3) is 21.8 Å². The van der Waals surface area contributed by atoms with Crippen LogP contribution in [0.5, 0.6) is 23.1 Å². The highest BCUT2D eigenvalue weighted by atomic mass is 32.2. The van der Waals surface area contributed by atoms with Crippen LogP contribution in [0.25, 0.3) is 11.0 Å². The number of benzene rings is 3. The molecule has 5 fully saturated rings. The number of carbonyl (C=O) groups excluding carboxylic acids is 1. The van der Waals surface area contributed by atoms with Crippen LogP contribution in [0.1, 0.15) is 110 Å². The summed E-state index contributed by atoms with van der Waals surface area (Å²) in [5.41, 5.74) is 3.86. The van der Waals surface area contributed by atoms with Gasteiger partial charge in [-0.05, 0) is 129 Å². The first kappa shape index (κ1) is 52.2. The van der Waals surface area contributed by atoms with Crippen molar-refractivity contribution in [3.05, 3.63) is 129 Å². The zero-order valence-corrected chi connectivity index (χ0v) is 44.5. The zero-order valence-electron chi connectivity index (χ0n) is 43.7. The van der Waals surface area contributed by atoms with Crippen LogP contribution in [0.2, 0.25) is 0 Å². The summed E-state index contributed by atoms with van der Waals surface area (Å²) in [5.74, 6) is -0.231. The number of halogens is 1. The number of carbonyl (C=O) groups is 1. The van der Waals surface area contributed by atoms with Gasteiger partial charge in [0.1, 0.15) is 27.9 Å². The van der Waals surface area contributed by atoms with Crippen molar-refractivity contribution >= 4 is 44.2 Å². The number of aromatic amines is 1. The van der Waals surface area contributed by atoms with E-state index >= 15 is 0 Å². The van der Waals surface area contributed by atoms with E-state index in [1.54, 1.807) is 26.2 Å². The first-order valence-electron chi connectivity index (χ1n) is 26.7. The number of nitrogens with one attached hydrogen (secondary N) is 3. The van der Waals surface area contributed by atoms with Crippen molar-refractivity contribution in [1.29, 1.82) is 0 Å². The van der Waals surface area contributed by atoms with E-state index in [2.05, 4.69) is 76.1 Å². The van der Waals surface area contributed by atoms with E-state index in [0.29, 0.717) is 50.2 Å². The standard InChI is InChI=1S/C57H66FN9O9S/c1-56(69)18-16-36(17-19-56)31-59-53-48(67(70)71)27-42(32-60-53)77(72,73)63-54(68)45-15-12-39(26-50(45)76-51-28-46-47(58)33-61-52(46)62-55(51)75-3)65-22-20-57(21-23-65)29-40(30-57)66-25-24-64(34-37-8-13-41(74-2)14-9-37)35-49(66)44-7-5-4-6-43(44)38-10-11-38/h4-9,12-15,26-28,32-33,36,38,40,49,69H,10-11,16-25,29-31,34-35H2,1-3H3,(H,59,60)(H,61,62)(H,63,68)/t36?,49-,56?/m0/s1. The quantitative estimate of drug-likeness (QED) is 0.0494. The Hall–Kier alpha value is -6.87. The summed E-state index contributed by atoms with van der Waals surface area (Å²) in [4.78, 5) is 44.0. The summed E-state index contributed by atoms with van der Waals surface area (Å²) in [7, 11) is -1.67. The SMILES string of the molecule is COc1ccc(CN2CCN(C3CC4(CCN(c5ccc(C(=O)NS(=O)(=O)c6cnc(NCC7CCC(C)(O)CC7)c([N+](=O)[O-])c6)c(Oc6cc7c(F)c[nH]c7nc6OC)c5)CC4)C3)[C@H](c3ccccc3C3CC3)C2)cc1. The van der Waals surface area contributed by atoms with Gasteiger partial charge in [0.05, 0.1) is 41.9 Å². The number of anilines is 2. The summed E-state index contributed by atoms with van der Waals surface area (Å²) in [5, 5.41) is 25.7. The monoisotopic (exact) mass is 1070 g/mol. The second-order valence-corrected chi connectivity index (χ2v) is 23.8. The molecule has 0 bridgehead atoms. The molecule has 3 saturated carbocycles. The normalized spacial score (nSPS) is 22.1. The fourth-order valence-corrected chi connectivity index (χ4v) is 13.2. The third-order valence-electron chi connectivity index (χ3n) is 16.9. The molecule has 1 atom stereocenters. The van der Waals surface area contributed by atoms with Crippen molar-refractivity contribution in [1.82, 2.24) is 29.5 Å². The topological polar surface area (TPSA) is 218 Å². The highest BCUT2D eigenvalue weighted by molar-refractivity contribution is 7.90. The number of rotatable bonds is 17. The maximum Gasteiger partial charge on any atom is 0.312 e. The number of amides is 1. The van der Waals surface area contributed by atoms with E-state index in [1.165, 1.54) is 48.8 Å². The fourth-order valence-electron chi connectivity index (χ4n) is 12.2. The molecule has 20 heteroatoms. The second-order valence-electron chi connectivity index (χ2n) is 22.2. The molecule has 6 aromatic rings. The van der Waals surface area contributed by atoms with Crippen molar-refractivity contribution in [3.63, 3.8) is 0 Å². The van der Waals surface area contributed by atoms with Gasteiger partial charge in [-0.15, -0.1) is 0 Å². The number of aliphatic hydroxyl groups is 1. The molecule has 2 aliphatic heterocycles. The van der Waals surface area contributed by atoms with Crippen LogP contribution in [0.4, 0.5) is 21.6 Å². The van der Waals surface area contributed by atoms with Gasteiger partial charge in [0.15, 0.2) is 5.75 Å². The number of methoxy groups -OCH3 is 2. The Morgan fingerprint density at radius 2 is 1.66 bits per heavy atom. The molecule has 5 heterocycles. The van der Waals surface area contributed by atoms with Crippen molar-refractivity contribution in [3.8, 4) is 23.1 Å². The number of nitro groups is 1. The third kappa shape index (κ3) is 11.2. The van der Waals surface area contributed by atoms with Gasteiger partial charge in [0, 0.05) is 88.0 Å². The van der Waals surface area contributed by atoms with Crippen LogP contribution in [0, 0.1) is 27.3 Å². The first-order valence-corrected chi connectivity index (χ1v) is 28.2. The lowest BCUT2D eigenvalue weighted by Gasteiger charge is -2.58. The molecule has 0 unspecified atom stereocenters. The number of hydrogen-bond acceptors (Lipinski definition) is 15. The molecule has 1 spiro atoms. The molecular weight excluding hydrogens is 1010 g/mol. The minimum atomic E-state index is -4.74. The number of pyridine rings is 2. The van der Waals surface area contributed by atoms with E-state index in [0.717, 1.165) is 94.8 Å². The van der Waals surface area contributed by atoms with E-state index in [-0.39, 0.29) is 51.1 Å². The number of fused-ring (bicyclic) bond motifs is 1. The predicted octanol–water partition coefficient (Wildman–Crippen LogP) is 9.47. The molecule has 77 heavy (non-hydrogen) atoms. The minimum Gasteiger partial charge on any atom is -0.497 e. The fraction of sp³-hybridized carbons (Fsp3) is 0.456. The van der Waals surface area contributed by atoms with Crippen LogP contribution >= 0.6 is 0 Å². The largest absolute Gasteiger partial charge is 0.497 e. The highest BCUT2D eigenvalue weighted by Gasteiger charge is 2.50. The number of hydrogen-bond donors (Lipinski definition) is 4. The van der Waals surface area contributed by atoms with Gasteiger partial charge in [-0.2, -0.15) is 4.98 Å². The highest BCUT2D eigenvalue weighted by Crippen LogP contribution is 2.54. The van der Waals surface area contributed by atoms with Crippen molar-refractivity contribution < 1.29 is 41.8 Å². The van der Waals surface area contributed by atoms with Gasteiger partial charge >= 0.3 is 5.69 Å². The summed E-state index contributed by atoms with van der Waals surface area (Å²) in [6, 6.07) is 25.4. The molecule has 18 nitrogen and oxygen atoms in total. The molecule has 2 saturated heterocycles. The van der Waals surface area contributed by atoms with E-state index in [4.69, 9.17) is 14.2 Å². The molecule has 11 rings (SSSR count). The van der Waals surface area contributed by atoms with Gasteiger partial charge in [-0.1, -0.05) is 36.4 Å². The lowest BCUT2D eigenvalue weighted by molar-refractivity contribution is -0.384. The van der Waals surface area contributed by atoms with Crippen molar-refractivity contribution in [2.45, 2.75) is 106 Å². The summed E-state index contributed by atoms with van der Waals surface area (Å²) in [6.45, 7) is 7.44. The molecule has 4 N–H and O–H groups in total. The van der Waals surface area contributed by atoms with E-state index < -0.39 is 42.9 Å². The summed E-state index contributed by atoms with van der Waals surface area (Å²) < 4.78 is 62.1. The second kappa shape index (κ2) is 21.2. The van der Waals surface area contributed by atoms with Gasteiger partial charge in [-0.3, -0.25) is 24.7 Å². The Kier molecular flexibility index (Phi) is 14.3. The zero-order chi connectivity index (χ0) is 53.6. The Morgan fingerprint density at radius 3 is 2.36 bits per heavy atom. The number of H-pyrrole nitrogens is 1. The van der Waals surface area contributed by atoms with Crippen LogP contribution in [0.15, 0.2) is 96.2 Å². The van der Waals surface area contributed by atoms with Crippen LogP contribution in [-0.2, 0) is 16.6 Å². The molecular formula is C57H66FN9O9S. The molecule has 3 aromatic carbocycles. The number of ether oxygens (including phenoxy) is 3. The first-order chi connectivity index (χ1) is 37.1. The number of aromatic nitrogens is 3.